The van der Waals surface area contributed by atoms with E-state index < -0.39 is 0 Å². The zero-order valence-corrected chi connectivity index (χ0v) is 13.4. The van der Waals surface area contributed by atoms with Gasteiger partial charge in [-0.1, -0.05) is 32.8 Å². The molecule has 110 valence electrons. The Morgan fingerprint density at radius 1 is 1.25 bits per heavy atom. The summed E-state index contributed by atoms with van der Waals surface area (Å²) in [6.07, 6.45) is 4.53. The van der Waals surface area contributed by atoms with E-state index in [2.05, 4.69) is 20.8 Å². The Balaban J connectivity index is 2.41. The van der Waals surface area contributed by atoms with Crippen molar-refractivity contribution in [1.82, 2.24) is 0 Å². The van der Waals surface area contributed by atoms with Gasteiger partial charge >= 0.3 is 0 Å². The summed E-state index contributed by atoms with van der Waals surface area (Å²) < 4.78 is 5.52. The van der Waals surface area contributed by atoms with Crippen molar-refractivity contribution in [2.45, 2.75) is 53.4 Å². The Kier molecular flexibility index (Phi) is 4.22. The maximum absolute atomic E-state index is 13.0. The van der Waals surface area contributed by atoms with Crippen LogP contribution >= 0.6 is 0 Å². The lowest BCUT2D eigenvalue weighted by Gasteiger charge is -2.37. The summed E-state index contributed by atoms with van der Waals surface area (Å²) in [5.41, 5.74) is 3.10. The molecule has 1 saturated carbocycles. The van der Waals surface area contributed by atoms with E-state index in [1.54, 1.807) is 7.11 Å². The number of aryl methyl sites for hydroxylation is 1. The molecule has 0 spiro atoms. The molecule has 0 saturated heterocycles. The third-order valence-electron chi connectivity index (χ3n) is 4.97. The predicted molar refractivity (Wildman–Crippen MR) is 82.5 cm³/mol. The fraction of sp³-hybridized carbons (Fsp3) is 0.611. The van der Waals surface area contributed by atoms with Crippen LogP contribution in [0.2, 0.25) is 0 Å². The van der Waals surface area contributed by atoms with Gasteiger partial charge in [-0.3, -0.25) is 4.79 Å². The van der Waals surface area contributed by atoms with Crippen LogP contribution in [0.15, 0.2) is 12.1 Å². The maximum atomic E-state index is 13.0. The van der Waals surface area contributed by atoms with Crippen molar-refractivity contribution >= 4 is 5.78 Å². The second kappa shape index (κ2) is 5.59. The summed E-state index contributed by atoms with van der Waals surface area (Å²) in [7, 11) is 1.66. The monoisotopic (exact) mass is 274 g/mol. The summed E-state index contributed by atoms with van der Waals surface area (Å²) in [6, 6.07) is 3.97. The number of rotatable bonds is 3. The summed E-state index contributed by atoms with van der Waals surface area (Å²) in [4.78, 5) is 13.0. The molecule has 0 heterocycles. The molecule has 1 aromatic rings. The Morgan fingerprint density at radius 3 is 2.55 bits per heavy atom. The molecule has 2 heteroatoms. The van der Waals surface area contributed by atoms with Gasteiger partial charge in [0.25, 0.3) is 0 Å². The van der Waals surface area contributed by atoms with Gasteiger partial charge in [-0.15, -0.1) is 0 Å². The van der Waals surface area contributed by atoms with Gasteiger partial charge in [-0.25, -0.2) is 0 Å². The molecule has 2 rings (SSSR count). The van der Waals surface area contributed by atoms with E-state index in [4.69, 9.17) is 4.74 Å². The number of Topliss-reactive ketones (excluding diaryl/α,β-unsaturated/α-hetero) is 1. The number of methoxy groups -OCH3 is 1. The van der Waals surface area contributed by atoms with Gasteiger partial charge < -0.3 is 4.74 Å². The largest absolute Gasteiger partial charge is 0.496 e. The van der Waals surface area contributed by atoms with Gasteiger partial charge in [0.1, 0.15) is 5.75 Å². The molecule has 0 radical (unpaired) electrons. The van der Waals surface area contributed by atoms with Crippen molar-refractivity contribution in [3.05, 3.63) is 28.8 Å². The molecule has 20 heavy (non-hydrogen) atoms. The van der Waals surface area contributed by atoms with Crippen molar-refractivity contribution in [1.29, 1.82) is 0 Å². The van der Waals surface area contributed by atoms with Gasteiger partial charge in [0.15, 0.2) is 5.78 Å². The van der Waals surface area contributed by atoms with E-state index in [1.165, 1.54) is 12.0 Å². The minimum absolute atomic E-state index is 0.0964. The highest BCUT2D eigenvalue weighted by molar-refractivity contribution is 6.01. The fourth-order valence-electron chi connectivity index (χ4n) is 3.41. The Labute approximate surface area is 122 Å². The molecular formula is C18H26O2. The first kappa shape index (κ1) is 15.1. The zero-order chi connectivity index (χ0) is 14.9. The molecule has 0 N–H and O–H groups in total. The number of hydrogen-bond donors (Lipinski definition) is 0. The summed E-state index contributed by atoms with van der Waals surface area (Å²) in [5, 5.41) is 0. The van der Waals surface area contributed by atoms with E-state index in [0.717, 1.165) is 36.1 Å². The second-order valence-corrected chi connectivity index (χ2v) is 6.74. The van der Waals surface area contributed by atoms with Crippen molar-refractivity contribution in [3.63, 3.8) is 0 Å². The first-order valence-corrected chi connectivity index (χ1v) is 7.57. The molecule has 1 aliphatic carbocycles. The van der Waals surface area contributed by atoms with Gasteiger partial charge in [0, 0.05) is 5.92 Å². The third kappa shape index (κ3) is 2.61. The molecule has 1 aromatic carbocycles. The lowest BCUT2D eigenvalue weighted by molar-refractivity contribution is 0.0694. The smallest absolute Gasteiger partial charge is 0.170 e. The molecule has 0 aliphatic heterocycles. The van der Waals surface area contributed by atoms with Crippen molar-refractivity contribution < 1.29 is 9.53 Å². The Bertz CT molecular complexity index is 514. The van der Waals surface area contributed by atoms with E-state index in [1.807, 2.05) is 19.1 Å². The van der Waals surface area contributed by atoms with Crippen molar-refractivity contribution in [3.8, 4) is 5.75 Å². The average Bonchev–Trinajstić information content (AvgIpc) is 2.40. The van der Waals surface area contributed by atoms with Crippen molar-refractivity contribution in [2.24, 2.45) is 11.3 Å². The minimum Gasteiger partial charge on any atom is -0.496 e. The van der Waals surface area contributed by atoms with Crippen LogP contribution < -0.4 is 4.74 Å². The predicted octanol–water partition coefficient (Wildman–Crippen LogP) is 4.71. The number of ether oxygens (including phenoxy) is 1. The molecule has 1 aliphatic rings. The van der Waals surface area contributed by atoms with Crippen LogP contribution in [0.4, 0.5) is 0 Å². The van der Waals surface area contributed by atoms with Crippen molar-refractivity contribution in [2.75, 3.05) is 7.11 Å². The Morgan fingerprint density at radius 2 is 1.95 bits per heavy atom. The highest BCUT2D eigenvalue weighted by atomic mass is 16.5. The molecule has 0 aromatic heterocycles. The van der Waals surface area contributed by atoms with Gasteiger partial charge in [0.2, 0.25) is 0 Å². The molecule has 2 nitrogen and oxygen atoms in total. The number of benzene rings is 1. The molecule has 0 amide bonds. The van der Waals surface area contributed by atoms with E-state index in [0.29, 0.717) is 0 Å². The maximum Gasteiger partial charge on any atom is 0.170 e. The van der Waals surface area contributed by atoms with Crippen LogP contribution in [-0.2, 0) is 0 Å². The summed E-state index contributed by atoms with van der Waals surface area (Å²) in [6.45, 7) is 8.53. The van der Waals surface area contributed by atoms with Gasteiger partial charge in [-0.05, 0) is 49.3 Å². The highest BCUT2D eigenvalue weighted by Crippen LogP contribution is 2.43. The highest BCUT2D eigenvalue weighted by Gasteiger charge is 2.38. The van der Waals surface area contributed by atoms with E-state index >= 15 is 0 Å². The number of hydrogen-bond acceptors (Lipinski definition) is 2. The van der Waals surface area contributed by atoms with Crippen LogP contribution in [0.1, 0.15) is 61.0 Å². The first-order valence-electron chi connectivity index (χ1n) is 7.57. The number of carbonyl (C=O) groups excluding carboxylic acids is 1. The fourth-order valence-corrected chi connectivity index (χ4v) is 3.41. The topological polar surface area (TPSA) is 26.3 Å². The van der Waals surface area contributed by atoms with Gasteiger partial charge in [-0.2, -0.15) is 0 Å². The number of ketones is 1. The van der Waals surface area contributed by atoms with E-state index in [-0.39, 0.29) is 17.1 Å². The van der Waals surface area contributed by atoms with Crippen LogP contribution in [0, 0.1) is 25.2 Å². The van der Waals surface area contributed by atoms with Crippen LogP contribution in [-0.4, -0.2) is 12.9 Å². The lowest BCUT2D eigenvalue weighted by atomic mass is 9.66. The third-order valence-corrected chi connectivity index (χ3v) is 4.97. The molecular weight excluding hydrogens is 248 g/mol. The average molecular weight is 274 g/mol. The first-order chi connectivity index (χ1) is 9.38. The van der Waals surface area contributed by atoms with Crippen LogP contribution in [0.5, 0.6) is 5.75 Å². The SMILES string of the molecule is COc1c(C(=O)C2CCCCC2(C)C)ccc(C)c1C. The molecule has 1 unspecified atom stereocenters. The zero-order valence-electron chi connectivity index (χ0n) is 13.4. The summed E-state index contributed by atoms with van der Waals surface area (Å²) >= 11 is 0. The lowest BCUT2D eigenvalue weighted by Crippen LogP contribution is -2.34. The molecule has 1 atom stereocenters. The molecule has 1 fully saturated rings. The Hall–Kier alpha value is -1.31. The minimum atomic E-state index is 0.0964. The second-order valence-electron chi connectivity index (χ2n) is 6.74. The van der Waals surface area contributed by atoms with Crippen LogP contribution in [0.25, 0.3) is 0 Å². The summed E-state index contributed by atoms with van der Waals surface area (Å²) in [5.74, 6) is 1.14. The van der Waals surface area contributed by atoms with E-state index in [9.17, 15) is 4.79 Å². The molecule has 0 bridgehead atoms. The standard InChI is InChI=1S/C18H26O2/c1-12-9-10-14(17(20-5)13(12)2)16(19)15-8-6-7-11-18(15,3)4/h9-10,15H,6-8,11H2,1-5H3. The van der Waals surface area contributed by atoms with Gasteiger partial charge in [0.05, 0.1) is 12.7 Å². The van der Waals surface area contributed by atoms with Crippen LogP contribution in [0.3, 0.4) is 0 Å². The number of carbonyl (C=O) groups is 1. The quantitative estimate of drug-likeness (QED) is 0.746. The normalized spacial score (nSPS) is 21.6.